The zero-order valence-corrected chi connectivity index (χ0v) is 10.1. The van der Waals surface area contributed by atoms with Crippen LogP contribution in [0.5, 0.6) is 0 Å². The zero-order chi connectivity index (χ0) is 13.7. The van der Waals surface area contributed by atoms with E-state index in [0.29, 0.717) is 6.54 Å². The summed E-state index contributed by atoms with van der Waals surface area (Å²) in [6.45, 7) is 0.181. The maximum absolute atomic E-state index is 11.8. The van der Waals surface area contributed by atoms with E-state index in [1.807, 2.05) is 30.3 Å². The molecule has 6 heteroatoms. The van der Waals surface area contributed by atoms with E-state index < -0.39 is 13.0 Å². The first kappa shape index (κ1) is 13.8. The van der Waals surface area contributed by atoms with Crippen LogP contribution >= 0.6 is 0 Å². The van der Waals surface area contributed by atoms with E-state index in [4.69, 9.17) is 0 Å². The van der Waals surface area contributed by atoms with Crippen molar-refractivity contribution in [1.82, 2.24) is 10.3 Å². The number of aromatic nitrogens is 1. The number of nitrogens with zero attached hydrogens (tertiary/aromatic N) is 1. The van der Waals surface area contributed by atoms with Crippen LogP contribution in [-0.4, -0.2) is 24.5 Å². The molecule has 102 valence electrons. The van der Waals surface area contributed by atoms with Crippen LogP contribution in [0.1, 0.15) is 5.56 Å². The van der Waals surface area contributed by atoms with Crippen molar-refractivity contribution in [2.75, 3.05) is 13.2 Å². The summed E-state index contributed by atoms with van der Waals surface area (Å²) in [6, 6.07) is 9.52. The van der Waals surface area contributed by atoms with Gasteiger partial charge in [0.05, 0.1) is 12.1 Å². The molecule has 0 atom stereocenters. The van der Waals surface area contributed by atoms with Gasteiger partial charge in [-0.25, -0.2) is 0 Å². The molecule has 1 aromatic heterocycles. The smallest absolute Gasteiger partial charge is 0.310 e. The van der Waals surface area contributed by atoms with Crippen molar-refractivity contribution in [3.8, 4) is 0 Å². The summed E-state index contributed by atoms with van der Waals surface area (Å²) >= 11 is 0. The molecular formula is C13H13F3N2O. The minimum Gasteiger partial charge on any atom is -0.310 e. The summed E-state index contributed by atoms with van der Waals surface area (Å²) in [5.74, 6) is 0. The fourth-order valence-electron chi connectivity index (χ4n) is 1.77. The second-order valence-electron chi connectivity index (χ2n) is 3.96. The highest BCUT2D eigenvalue weighted by atomic mass is 19.4. The lowest BCUT2D eigenvalue weighted by Gasteiger charge is -2.09. The van der Waals surface area contributed by atoms with Gasteiger partial charge in [0.1, 0.15) is 0 Å². The standard InChI is InChI=1S/C13H13F3N2O/c14-13(15,16)19-8-7-17-9-11-4-1-3-10-5-2-6-18-12(10)11/h1-6,17H,7-9H2. The van der Waals surface area contributed by atoms with Crippen LogP contribution in [0.25, 0.3) is 10.9 Å². The van der Waals surface area contributed by atoms with Crippen molar-refractivity contribution in [3.63, 3.8) is 0 Å². The van der Waals surface area contributed by atoms with Gasteiger partial charge in [-0.1, -0.05) is 24.3 Å². The minimum atomic E-state index is -4.57. The lowest BCUT2D eigenvalue weighted by Crippen LogP contribution is -2.24. The van der Waals surface area contributed by atoms with E-state index in [1.54, 1.807) is 6.20 Å². The molecule has 0 fully saturated rings. The Morgan fingerprint density at radius 2 is 1.95 bits per heavy atom. The monoisotopic (exact) mass is 270 g/mol. The molecule has 1 heterocycles. The number of nitrogens with one attached hydrogen (secondary N) is 1. The molecule has 0 spiro atoms. The molecular weight excluding hydrogens is 257 g/mol. The molecule has 1 aromatic carbocycles. The fourth-order valence-corrected chi connectivity index (χ4v) is 1.77. The topological polar surface area (TPSA) is 34.1 Å². The molecule has 0 saturated carbocycles. The fraction of sp³-hybridized carbons (Fsp3) is 0.308. The van der Waals surface area contributed by atoms with Crippen molar-refractivity contribution in [1.29, 1.82) is 0 Å². The van der Waals surface area contributed by atoms with Crippen molar-refractivity contribution in [2.45, 2.75) is 12.9 Å². The first-order chi connectivity index (χ1) is 9.06. The van der Waals surface area contributed by atoms with Crippen molar-refractivity contribution < 1.29 is 17.9 Å². The van der Waals surface area contributed by atoms with E-state index in [0.717, 1.165) is 16.5 Å². The number of benzene rings is 1. The molecule has 0 saturated heterocycles. The maximum Gasteiger partial charge on any atom is 0.522 e. The van der Waals surface area contributed by atoms with Crippen LogP contribution < -0.4 is 5.32 Å². The Balaban J connectivity index is 1.88. The van der Waals surface area contributed by atoms with Crippen molar-refractivity contribution in [3.05, 3.63) is 42.1 Å². The maximum atomic E-state index is 11.8. The third-order valence-corrected chi connectivity index (χ3v) is 2.58. The Morgan fingerprint density at radius 1 is 1.16 bits per heavy atom. The number of alkyl halides is 3. The molecule has 19 heavy (non-hydrogen) atoms. The van der Waals surface area contributed by atoms with Gasteiger partial charge in [-0.3, -0.25) is 9.72 Å². The Kier molecular flexibility index (Phi) is 4.34. The minimum absolute atomic E-state index is 0.128. The van der Waals surface area contributed by atoms with Gasteiger partial charge in [0.25, 0.3) is 0 Å². The van der Waals surface area contributed by atoms with Crippen molar-refractivity contribution >= 4 is 10.9 Å². The van der Waals surface area contributed by atoms with Gasteiger partial charge in [0.15, 0.2) is 0 Å². The molecule has 0 bridgehead atoms. The summed E-state index contributed by atoms with van der Waals surface area (Å²) in [7, 11) is 0. The van der Waals surface area contributed by atoms with Gasteiger partial charge in [-0.2, -0.15) is 0 Å². The summed E-state index contributed by atoms with van der Waals surface area (Å²) in [5, 5.41) is 3.91. The molecule has 2 aromatic rings. The van der Waals surface area contributed by atoms with Crippen LogP contribution in [-0.2, 0) is 11.3 Å². The van der Waals surface area contributed by atoms with Gasteiger partial charge < -0.3 is 5.32 Å². The van der Waals surface area contributed by atoms with Crippen LogP contribution in [0.15, 0.2) is 36.5 Å². The van der Waals surface area contributed by atoms with Crippen LogP contribution in [0.3, 0.4) is 0 Å². The number of rotatable bonds is 5. The highest BCUT2D eigenvalue weighted by Gasteiger charge is 2.28. The Morgan fingerprint density at radius 3 is 2.74 bits per heavy atom. The SMILES string of the molecule is FC(F)(F)OCCNCc1cccc2cccnc12. The van der Waals surface area contributed by atoms with Gasteiger partial charge in [-0.05, 0) is 11.6 Å². The lowest BCUT2D eigenvalue weighted by atomic mass is 10.1. The molecule has 0 aliphatic rings. The van der Waals surface area contributed by atoms with Crippen LogP contribution in [0.4, 0.5) is 13.2 Å². The normalized spacial score (nSPS) is 11.9. The first-order valence-electron chi connectivity index (χ1n) is 5.80. The largest absolute Gasteiger partial charge is 0.522 e. The van der Waals surface area contributed by atoms with Gasteiger partial charge in [0, 0.05) is 24.7 Å². The molecule has 0 aliphatic heterocycles. The summed E-state index contributed by atoms with van der Waals surface area (Å²) in [6.07, 6.45) is -2.87. The third-order valence-electron chi connectivity index (χ3n) is 2.58. The summed E-state index contributed by atoms with van der Waals surface area (Å²) in [4.78, 5) is 4.27. The van der Waals surface area contributed by atoms with Gasteiger partial charge in [-0.15, -0.1) is 13.2 Å². The highest BCUT2D eigenvalue weighted by molar-refractivity contribution is 5.81. The number of ether oxygens (including phenoxy) is 1. The quantitative estimate of drug-likeness (QED) is 0.848. The number of hydrogen-bond donors (Lipinski definition) is 1. The predicted octanol–water partition coefficient (Wildman–Crippen LogP) is 2.86. The lowest BCUT2D eigenvalue weighted by molar-refractivity contribution is -0.323. The molecule has 0 radical (unpaired) electrons. The van der Waals surface area contributed by atoms with Crippen LogP contribution in [0, 0.1) is 0 Å². The first-order valence-corrected chi connectivity index (χ1v) is 5.80. The summed E-state index contributed by atoms with van der Waals surface area (Å²) in [5.41, 5.74) is 1.80. The van der Waals surface area contributed by atoms with E-state index in [1.165, 1.54) is 0 Å². The number of hydrogen-bond acceptors (Lipinski definition) is 3. The second kappa shape index (κ2) is 5.99. The van der Waals surface area contributed by atoms with E-state index in [2.05, 4.69) is 15.0 Å². The van der Waals surface area contributed by atoms with Crippen LogP contribution in [0.2, 0.25) is 0 Å². The molecule has 1 N–H and O–H groups in total. The third kappa shape index (κ3) is 4.18. The highest BCUT2D eigenvalue weighted by Crippen LogP contribution is 2.16. The molecule has 0 unspecified atom stereocenters. The molecule has 3 nitrogen and oxygen atoms in total. The average molecular weight is 270 g/mol. The van der Waals surface area contributed by atoms with Gasteiger partial charge >= 0.3 is 6.36 Å². The Hall–Kier alpha value is -1.66. The zero-order valence-electron chi connectivity index (χ0n) is 10.1. The number of para-hydroxylation sites is 1. The Bertz CT molecular complexity index is 537. The Labute approximate surface area is 108 Å². The number of pyridine rings is 1. The molecule has 0 aliphatic carbocycles. The molecule has 2 rings (SSSR count). The van der Waals surface area contributed by atoms with E-state index in [-0.39, 0.29) is 6.54 Å². The summed E-state index contributed by atoms with van der Waals surface area (Å²) < 4.78 is 38.9. The van der Waals surface area contributed by atoms with Crippen molar-refractivity contribution in [2.24, 2.45) is 0 Å². The second-order valence-corrected chi connectivity index (χ2v) is 3.96. The number of halogens is 3. The molecule has 0 amide bonds. The van der Waals surface area contributed by atoms with E-state index >= 15 is 0 Å². The predicted molar refractivity (Wildman–Crippen MR) is 65.5 cm³/mol. The number of fused-ring (bicyclic) bond motifs is 1. The average Bonchev–Trinajstić information content (AvgIpc) is 2.37. The van der Waals surface area contributed by atoms with E-state index in [9.17, 15) is 13.2 Å². The van der Waals surface area contributed by atoms with Gasteiger partial charge in [0.2, 0.25) is 0 Å².